The summed E-state index contributed by atoms with van der Waals surface area (Å²) in [5, 5.41) is 3.34. The van der Waals surface area contributed by atoms with E-state index in [9.17, 15) is 13.2 Å². The van der Waals surface area contributed by atoms with Crippen LogP contribution in [0.5, 0.6) is 11.5 Å². The van der Waals surface area contributed by atoms with Crippen molar-refractivity contribution < 1.29 is 22.6 Å². The van der Waals surface area contributed by atoms with Crippen molar-refractivity contribution in [1.29, 1.82) is 0 Å². The van der Waals surface area contributed by atoms with E-state index < -0.39 is 6.36 Å². The molecule has 1 atom stereocenters. The lowest BCUT2D eigenvalue weighted by molar-refractivity contribution is -0.274. The Morgan fingerprint density at radius 2 is 2.18 bits per heavy atom. The van der Waals surface area contributed by atoms with E-state index in [1.165, 1.54) is 12.1 Å². The van der Waals surface area contributed by atoms with E-state index in [4.69, 9.17) is 4.74 Å². The molecule has 1 saturated heterocycles. The van der Waals surface area contributed by atoms with Gasteiger partial charge in [0, 0.05) is 38.3 Å². The Kier molecular flexibility index (Phi) is 5.94. The maximum Gasteiger partial charge on any atom is 0.573 e. The normalized spacial score (nSPS) is 20.0. The molecule has 1 aliphatic heterocycles. The molecule has 1 aliphatic rings. The Balaban J connectivity index is 1.86. The van der Waals surface area contributed by atoms with Crippen LogP contribution in [0.2, 0.25) is 0 Å². The van der Waals surface area contributed by atoms with E-state index in [0.717, 1.165) is 26.2 Å². The van der Waals surface area contributed by atoms with Crippen molar-refractivity contribution in [1.82, 2.24) is 10.2 Å². The highest BCUT2D eigenvalue weighted by molar-refractivity contribution is 9.10. The predicted molar refractivity (Wildman–Crippen MR) is 80.2 cm³/mol. The van der Waals surface area contributed by atoms with Crippen molar-refractivity contribution in [2.24, 2.45) is 0 Å². The first kappa shape index (κ1) is 17.4. The van der Waals surface area contributed by atoms with E-state index in [1.54, 1.807) is 6.07 Å². The van der Waals surface area contributed by atoms with Crippen LogP contribution in [0.15, 0.2) is 22.7 Å². The highest BCUT2D eigenvalue weighted by Crippen LogP contribution is 2.33. The van der Waals surface area contributed by atoms with Crippen LogP contribution in [0.1, 0.15) is 6.92 Å². The smallest absolute Gasteiger partial charge is 0.492 e. The first-order valence-electron chi connectivity index (χ1n) is 6.97. The molecule has 0 spiro atoms. The fraction of sp³-hybridized carbons (Fsp3) is 0.571. The molecule has 22 heavy (non-hydrogen) atoms. The Morgan fingerprint density at radius 3 is 2.86 bits per heavy atom. The van der Waals surface area contributed by atoms with Crippen LogP contribution in [0, 0.1) is 0 Å². The number of hydrogen-bond acceptors (Lipinski definition) is 4. The summed E-state index contributed by atoms with van der Waals surface area (Å²) in [6.07, 6.45) is -4.72. The lowest BCUT2D eigenvalue weighted by Crippen LogP contribution is -2.50. The quantitative estimate of drug-likeness (QED) is 0.848. The number of halogens is 4. The molecule has 0 saturated carbocycles. The number of hydrogen-bond donors (Lipinski definition) is 1. The van der Waals surface area contributed by atoms with E-state index in [-0.39, 0.29) is 10.2 Å². The summed E-state index contributed by atoms with van der Waals surface area (Å²) in [5.41, 5.74) is 0. The average molecular weight is 383 g/mol. The molecule has 1 fully saturated rings. The Hall–Kier alpha value is -0.990. The van der Waals surface area contributed by atoms with Crippen LogP contribution in [-0.2, 0) is 0 Å². The highest BCUT2D eigenvalue weighted by Gasteiger charge is 2.32. The van der Waals surface area contributed by atoms with Gasteiger partial charge in [0.1, 0.15) is 18.1 Å². The van der Waals surface area contributed by atoms with Gasteiger partial charge in [0.15, 0.2) is 0 Å². The van der Waals surface area contributed by atoms with Crippen molar-refractivity contribution in [3.05, 3.63) is 22.7 Å². The van der Waals surface area contributed by atoms with Gasteiger partial charge in [0.25, 0.3) is 0 Å². The molecular weight excluding hydrogens is 365 g/mol. The summed E-state index contributed by atoms with van der Waals surface area (Å²) in [4.78, 5) is 2.26. The van der Waals surface area contributed by atoms with Gasteiger partial charge >= 0.3 is 6.36 Å². The Labute approximate surface area is 135 Å². The van der Waals surface area contributed by atoms with Crippen molar-refractivity contribution >= 4 is 15.9 Å². The molecule has 1 aromatic rings. The Bertz CT molecular complexity index is 499. The van der Waals surface area contributed by atoms with Gasteiger partial charge in [-0.1, -0.05) is 0 Å². The molecule has 0 unspecified atom stereocenters. The third kappa shape index (κ3) is 5.66. The number of piperazine rings is 1. The fourth-order valence-corrected chi connectivity index (χ4v) is 2.61. The molecule has 0 amide bonds. The third-order valence-corrected chi connectivity index (χ3v) is 3.91. The van der Waals surface area contributed by atoms with E-state index >= 15 is 0 Å². The van der Waals surface area contributed by atoms with Crippen LogP contribution in [0.25, 0.3) is 0 Å². The van der Waals surface area contributed by atoms with E-state index in [2.05, 4.69) is 37.8 Å². The van der Waals surface area contributed by atoms with Gasteiger partial charge < -0.3 is 14.8 Å². The zero-order valence-corrected chi connectivity index (χ0v) is 13.7. The molecule has 2 rings (SSSR count). The second-order valence-electron chi connectivity index (χ2n) is 5.14. The summed E-state index contributed by atoms with van der Waals surface area (Å²) in [6, 6.07) is 4.75. The van der Waals surface area contributed by atoms with Crippen LogP contribution in [-0.4, -0.2) is 50.1 Å². The van der Waals surface area contributed by atoms with Gasteiger partial charge in [0.05, 0.1) is 4.47 Å². The maximum atomic E-state index is 12.3. The number of alkyl halides is 3. The van der Waals surface area contributed by atoms with E-state index in [0.29, 0.717) is 18.4 Å². The van der Waals surface area contributed by atoms with Gasteiger partial charge in [-0.3, -0.25) is 4.90 Å². The van der Waals surface area contributed by atoms with Gasteiger partial charge in [0.2, 0.25) is 0 Å². The number of rotatable bonds is 5. The third-order valence-electron chi connectivity index (χ3n) is 3.26. The maximum absolute atomic E-state index is 12.3. The summed E-state index contributed by atoms with van der Waals surface area (Å²) >= 11 is 3.02. The highest BCUT2D eigenvalue weighted by atomic mass is 79.9. The second kappa shape index (κ2) is 7.52. The zero-order chi connectivity index (χ0) is 16.2. The van der Waals surface area contributed by atoms with Crippen LogP contribution >= 0.6 is 15.9 Å². The summed E-state index contributed by atoms with van der Waals surface area (Å²) in [6.45, 7) is 6.07. The van der Waals surface area contributed by atoms with Crippen molar-refractivity contribution in [3.8, 4) is 11.5 Å². The molecule has 0 aromatic heterocycles. The van der Waals surface area contributed by atoms with Gasteiger partial charge in [-0.25, -0.2) is 0 Å². The molecule has 124 valence electrons. The molecule has 8 heteroatoms. The molecule has 1 N–H and O–H groups in total. The molecular formula is C14H18BrF3N2O2. The van der Waals surface area contributed by atoms with E-state index in [1.807, 2.05) is 0 Å². The molecule has 0 radical (unpaired) electrons. The molecule has 0 aliphatic carbocycles. The van der Waals surface area contributed by atoms with Crippen molar-refractivity contribution in [2.45, 2.75) is 19.3 Å². The minimum absolute atomic E-state index is 0.230. The lowest BCUT2D eigenvalue weighted by Gasteiger charge is -2.31. The largest absolute Gasteiger partial charge is 0.573 e. The molecule has 1 heterocycles. The summed E-state index contributed by atoms with van der Waals surface area (Å²) in [7, 11) is 0. The van der Waals surface area contributed by atoms with Crippen molar-refractivity contribution in [3.63, 3.8) is 0 Å². The first-order chi connectivity index (χ1) is 10.3. The summed E-state index contributed by atoms with van der Waals surface area (Å²) in [5.74, 6) is 0.0476. The number of nitrogens with one attached hydrogen (secondary N) is 1. The number of benzene rings is 1. The second-order valence-corrected chi connectivity index (χ2v) is 6.00. The van der Waals surface area contributed by atoms with Crippen LogP contribution in [0.4, 0.5) is 13.2 Å². The van der Waals surface area contributed by atoms with Gasteiger partial charge in [-0.05, 0) is 35.0 Å². The number of ether oxygens (including phenoxy) is 2. The fourth-order valence-electron chi connectivity index (χ4n) is 2.28. The van der Waals surface area contributed by atoms with Gasteiger partial charge in [-0.15, -0.1) is 13.2 Å². The predicted octanol–water partition coefficient (Wildman–Crippen LogP) is 3.02. The monoisotopic (exact) mass is 382 g/mol. The Morgan fingerprint density at radius 1 is 1.41 bits per heavy atom. The minimum Gasteiger partial charge on any atom is -0.492 e. The average Bonchev–Trinajstić information content (AvgIpc) is 2.41. The van der Waals surface area contributed by atoms with Crippen molar-refractivity contribution in [2.75, 3.05) is 32.8 Å². The van der Waals surface area contributed by atoms with Crippen LogP contribution < -0.4 is 14.8 Å². The zero-order valence-electron chi connectivity index (χ0n) is 12.1. The minimum atomic E-state index is -4.72. The topological polar surface area (TPSA) is 33.7 Å². The SMILES string of the molecule is C[C@@H]1CN(CCOc2ccc(Br)c(OC(F)(F)F)c2)CCN1. The molecule has 0 bridgehead atoms. The lowest BCUT2D eigenvalue weighted by atomic mass is 10.2. The number of nitrogens with zero attached hydrogens (tertiary/aromatic N) is 1. The van der Waals surface area contributed by atoms with Crippen LogP contribution in [0.3, 0.4) is 0 Å². The van der Waals surface area contributed by atoms with Gasteiger partial charge in [-0.2, -0.15) is 0 Å². The standard InChI is InChI=1S/C14H18BrF3N2O2/c1-10-9-20(5-4-19-10)6-7-21-11-2-3-12(15)13(8-11)22-14(16,17)18/h2-3,8,10,19H,4-7,9H2,1H3/t10-/m1/s1. The summed E-state index contributed by atoms with van der Waals surface area (Å²) < 4.78 is 46.6. The molecule has 4 nitrogen and oxygen atoms in total. The molecule has 1 aromatic carbocycles. The first-order valence-corrected chi connectivity index (χ1v) is 7.76.